The van der Waals surface area contributed by atoms with Gasteiger partial charge in [0.15, 0.2) is 11.6 Å². The van der Waals surface area contributed by atoms with E-state index in [1.54, 1.807) is 11.8 Å². The van der Waals surface area contributed by atoms with Crippen LogP contribution in [0.4, 0.5) is 24.9 Å². The SMILES string of the molecule is CC(=O)C[C@@H](C)c1ccc(O[C@@H]2CCN(c3nc(N4CCCC(F)(F)C4)ncc3F)C2)cc1. The molecule has 178 valence electrons. The number of aromatic nitrogens is 2. The lowest BCUT2D eigenvalue weighted by atomic mass is 9.96. The Morgan fingerprint density at radius 2 is 2.00 bits per heavy atom. The lowest BCUT2D eigenvalue weighted by molar-refractivity contribution is -0.117. The van der Waals surface area contributed by atoms with Gasteiger partial charge in [0.1, 0.15) is 17.6 Å². The molecule has 3 heterocycles. The molecular weight excluding hydrogens is 433 g/mol. The maximum absolute atomic E-state index is 14.5. The predicted molar refractivity (Wildman–Crippen MR) is 120 cm³/mol. The molecule has 2 aliphatic heterocycles. The van der Waals surface area contributed by atoms with Crippen molar-refractivity contribution < 1.29 is 22.7 Å². The van der Waals surface area contributed by atoms with Crippen molar-refractivity contribution in [2.24, 2.45) is 0 Å². The molecule has 6 nitrogen and oxygen atoms in total. The Kier molecular flexibility index (Phi) is 6.76. The first-order valence-electron chi connectivity index (χ1n) is 11.4. The van der Waals surface area contributed by atoms with Gasteiger partial charge >= 0.3 is 0 Å². The van der Waals surface area contributed by atoms with Gasteiger partial charge in [0.05, 0.1) is 19.3 Å². The van der Waals surface area contributed by atoms with E-state index in [0.717, 1.165) is 11.8 Å². The van der Waals surface area contributed by atoms with Crippen molar-refractivity contribution in [2.45, 2.75) is 57.5 Å². The van der Waals surface area contributed by atoms with Gasteiger partial charge in [-0.2, -0.15) is 4.98 Å². The molecule has 0 unspecified atom stereocenters. The van der Waals surface area contributed by atoms with Gasteiger partial charge in [-0.15, -0.1) is 0 Å². The fourth-order valence-corrected chi connectivity index (χ4v) is 4.49. The van der Waals surface area contributed by atoms with Crippen LogP contribution < -0.4 is 14.5 Å². The summed E-state index contributed by atoms with van der Waals surface area (Å²) in [4.78, 5) is 22.8. The van der Waals surface area contributed by atoms with Gasteiger partial charge in [0, 0.05) is 32.4 Å². The van der Waals surface area contributed by atoms with Crippen LogP contribution in [0.1, 0.15) is 51.0 Å². The maximum Gasteiger partial charge on any atom is 0.265 e. The van der Waals surface area contributed by atoms with Crippen molar-refractivity contribution in [3.8, 4) is 5.75 Å². The minimum atomic E-state index is -2.79. The van der Waals surface area contributed by atoms with Gasteiger partial charge in [-0.25, -0.2) is 18.2 Å². The van der Waals surface area contributed by atoms with Crippen molar-refractivity contribution in [1.82, 2.24) is 9.97 Å². The Morgan fingerprint density at radius 3 is 2.70 bits per heavy atom. The summed E-state index contributed by atoms with van der Waals surface area (Å²) >= 11 is 0. The average molecular weight is 463 g/mol. The molecule has 2 aromatic rings. The number of ketones is 1. The highest BCUT2D eigenvalue weighted by Crippen LogP contribution is 2.31. The summed E-state index contributed by atoms with van der Waals surface area (Å²) in [5.41, 5.74) is 1.07. The van der Waals surface area contributed by atoms with Gasteiger partial charge in [0.25, 0.3) is 5.92 Å². The molecule has 0 amide bonds. The van der Waals surface area contributed by atoms with E-state index in [-0.39, 0.29) is 36.0 Å². The fraction of sp³-hybridized carbons (Fsp3) is 0.542. The number of halogens is 3. The van der Waals surface area contributed by atoms with E-state index in [2.05, 4.69) is 9.97 Å². The molecule has 4 rings (SSSR count). The molecule has 1 aromatic heterocycles. The molecule has 0 radical (unpaired) electrons. The summed E-state index contributed by atoms with van der Waals surface area (Å²) in [5.74, 6) is -2.11. The average Bonchev–Trinajstić information content (AvgIpc) is 3.21. The number of piperidine rings is 1. The molecule has 0 saturated carbocycles. The second kappa shape index (κ2) is 9.57. The fourth-order valence-electron chi connectivity index (χ4n) is 4.49. The monoisotopic (exact) mass is 462 g/mol. The van der Waals surface area contributed by atoms with Crippen LogP contribution >= 0.6 is 0 Å². The molecule has 9 heteroatoms. The van der Waals surface area contributed by atoms with Gasteiger partial charge in [-0.3, -0.25) is 0 Å². The lowest BCUT2D eigenvalue weighted by Gasteiger charge is -2.32. The van der Waals surface area contributed by atoms with Crippen molar-refractivity contribution in [3.63, 3.8) is 0 Å². The highest BCUT2D eigenvalue weighted by Gasteiger charge is 2.37. The van der Waals surface area contributed by atoms with Crippen molar-refractivity contribution in [3.05, 3.63) is 41.8 Å². The largest absolute Gasteiger partial charge is 0.489 e. The number of hydrogen-bond donors (Lipinski definition) is 0. The summed E-state index contributed by atoms with van der Waals surface area (Å²) in [5, 5.41) is 0. The van der Waals surface area contributed by atoms with Crippen LogP contribution in [0.25, 0.3) is 0 Å². The number of carbonyl (C=O) groups is 1. The summed E-state index contributed by atoms with van der Waals surface area (Å²) in [6.45, 7) is 4.55. The molecule has 2 atom stereocenters. The minimum Gasteiger partial charge on any atom is -0.489 e. The summed E-state index contributed by atoms with van der Waals surface area (Å²) in [6.07, 6.45) is 2.28. The zero-order valence-corrected chi connectivity index (χ0v) is 18.9. The van der Waals surface area contributed by atoms with Crippen LogP contribution in [-0.2, 0) is 4.79 Å². The zero-order valence-electron chi connectivity index (χ0n) is 18.9. The standard InChI is InChI=1S/C24H29F3N4O2/c1-16(12-17(2)32)18-4-6-19(7-5-18)33-20-8-11-30(14-20)22-21(25)13-28-23(29-22)31-10-3-9-24(26,27)15-31/h4-7,13,16,20H,3,8-12,14-15H2,1-2H3/t16-,20-/m1/s1. The maximum atomic E-state index is 14.5. The van der Waals surface area contributed by atoms with E-state index < -0.39 is 18.3 Å². The van der Waals surface area contributed by atoms with Gasteiger partial charge in [0.2, 0.25) is 5.95 Å². The lowest BCUT2D eigenvalue weighted by Crippen LogP contribution is -2.43. The van der Waals surface area contributed by atoms with Crippen molar-refractivity contribution in [1.29, 1.82) is 0 Å². The highest BCUT2D eigenvalue weighted by atomic mass is 19.3. The Hall–Kier alpha value is -2.84. The summed E-state index contributed by atoms with van der Waals surface area (Å²) < 4.78 is 48.2. The summed E-state index contributed by atoms with van der Waals surface area (Å²) in [6, 6.07) is 7.68. The molecule has 33 heavy (non-hydrogen) atoms. The van der Waals surface area contributed by atoms with Gasteiger partial charge in [-0.05, 0) is 37.0 Å². The zero-order chi connectivity index (χ0) is 23.6. The second-order valence-electron chi connectivity index (χ2n) is 9.07. The molecule has 0 aliphatic carbocycles. The number of nitrogens with zero attached hydrogens (tertiary/aromatic N) is 4. The first-order chi connectivity index (χ1) is 15.7. The van der Waals surface area contributed by atoms with Gasteiger partial charge in [-0.1, -0.05) is 19.1 Å². The normalized spacial score (nSPS) is 21.2. The molecule has 2 saturated heterocycles. The van der Waals surface area contributed by atoms with Crippen LogP contribution in [-0.4, -0.2) is 54.0 Å². The predicted octanol–water partition coefficient (Wildman–Crippen LogP) is 4.59. The van der Waals surface area contributed by atoms with Crippen LogP contribution in [0.3, 0.4) is 0 Å². The van der Waals surface area contributed by atoms with Crippen LogP contribution in [0.2, 0.25) is 0 Å². The molecule has 0 bridgehead atoms. The first-order valence-corrected chi connectivity index (χ1v) is 11.4. The minimum absolute atomic E-state index is 0.119. The number of alkyl halides is 2. The molecular formula is C24H29F3N4O2. The smallest absolute Gasteiger partial charge is 0.265 e. The van der Waals surface area contributed by atoms with E-state index in [1.165, 1.54) is 4.90 Å². The summed E-state index contributed by atoms with van der Waals surface area (Å²) in [7, 11) is 0. The number of anilines is 2. The van der Waals surface area contributed by atoms with Gasteiger partial charge < -0.3 is 19.3 Å². The van der Waals surface area contributed by atoms with E-state index in [4.69, 9.17) is 4.74 Å². The van der Waals surface area contributed by atoms with Crippen molar-refractivity contribution >= 4 is 17.5 Å². The Balaban J connectivity index is 1.39. The molecule has 1 aromatic carbocycles. The van der Waals surface area contributed by atoms with E-state index in [1.807, 2.05) is 31.2 Å². The highest BCUT2D eigenvalue weighted by molar-refractivity contribution is 5.76. The Labute approximate surface area is 191 Å². The number of rotatable bonds is 7. The molecule has 0 N–H and O–H groups in total. The third-order valence-corrected chi connectivity index (χ3v) is 6.18. The molecule has 2 aliphatic rings. The topological polar surface area (TPSA) is 58.6 Å². The quantitative estimate of drug-likeness (QED) is 0.600. The number of carbonyl (C=O) groups excluding carboxylic acids is 1. The Morgan fingerprint density at radius 1 is 1.24 bits per heavy atom. The van der Waals surface area contributed by atoms with Crippen molar-refractivity contribution in [2.75, 3.05) is 36.0 Å². The number of hydrogen-bond acceptors (Lipinski definition) is 6. The van der Waals surface area contributed by atoms with Crippen LogP contribution in [0.5, 0.6) is 5.75 Å². The first kappa shape index (κ1) is 23.3. The second-order valence-corrected chi connectivity index (χ2v) is 9.07. The number of benzene rings is 1. The third-order valence-electron chi connectivity index (χ3n) is 6.18. The number of ether oxygens (including phenoxy) is 1. The molecule has 2 fully saturated rings. The van der Waals surface area contributed by atoms with E-state index >= 15 is 0 Å². The van der Waals surface area contributed by atoms with Crippen LogP contribution in [0.15, 0.2) is 30.5 Å². The van der Waals surface area contributed by atoms with E-state index in [9.17, 15) is 18.0 Å². The number of Topliss-reactive ketones (excluding diaryl/α,β-unsaturated/α-hetero) is 1. The van der Waals surface area contributed by atoms with E-state index in [0.29, 0.717) is 44.6 Å². The Bertz CT molecular complexity index is 986. The van der Waals surface area contributed by atoms with Crippen LogP contribution in [0, 0.1) is 5.82 Å². The molecule has 0 spiro atoms. The third kappa shape index (κ3) is 5.75.